The van der Waals surface area contributed by atoms with Crippen LogP contribution in [0.25, 0.3) is 0 Å². The van der Waals surface area contributed by atoms with Crippen molar-refractivity contribution in [3.05, 3.63) is 5.82 Å². The van der Waals surface area contributed by atoms with Gasteiger partial charge in [0.05, 0.1) is 13.0 Å². The van der Waals surface area contributed by atoms with Gasteiger partial charge in [-0.2, -0.15) is 0 Å². The van der Waals surface area contributed by atoms with Gasteiger partial charge in [0.15, 0.2) is 5.82 Å². The van der Waals surface area contributed by atoms with Gasteiger partial charge in [0.1, 0.15) is 0 Å². The Labute approximate surface area is 117 Å². The van der Waals surface area contributed by atoms with Crippen LogP contribution < -0.4 is 0 Å². The number of tetrazole rings is 1. The van der Waals surface area contributed by atoms with Gasteiger partial charge in [-0.25, -0.2) is 4.68 Å². The van der Waals surface area contributed by atoms with Crippen molar-refractivity contribution in [3.63, 3.8) is 0 Å². The monoisotopic (exact) mass is 276 g/mol. The predicted molar refractivity (Wildman–Crippen MR) is 69.9 cm³/mol. The number of aromatic nitrogens is 4. The Kier molecular flexibility index (Phi) is 2.79. The number of rotatable bonds is 4. The number of nitrogens with zero attached hydrogens (tertiary/aromatic N) is 4. The highest BCUT2D eigenvalue weighted by atomic mass is 16.4. The highest BCUT2D eigenvalue weighted by molar-refractivity contribution is 5.66. The fourth-order valence-corrected chi connectivity index (χ4v) is 5.16. The van der Waals surface area contributed by atoms with Gasteiger partial charge in [-0.3, -0.25) is 4.79 Å². The highest BCUT2D eigenvalue weighted by Crippen LogP contribution is 2.59. The van der Waals surface area contributed by atoms with E-state index in [0.717, 1.165) is 29.5 Å². The third-order valence-corrected chi connectivity index (χ3v) is 5.62. The average Bonchev–Trinajstić information content (AvgIpc) is 2.83. The van der Waals surface area contributed by atoms with Crippen LogP contribution >= 0.6 is 0 Å². The molecule has 0 radical (unpaired) electrons. The number of hydrogen-bond donors (Lipinski definition) is 1. The number of aryl methyl sites for hydroxylation is 1. The third kappa shape index (κ3) is 1.93. The molecule has 1 heterocycles. The zero-order valence-corrected chi connectivity index (χ0v) is 11.5. The topological polar surface area (TPSA) is 80.9 Å². The molecule has 4 saturated carbocycles. The molecule has 0 spiro atoms. The van der Waals surface area contributed by atoms with E-state index < -0.39 is 5.97 Å². The molecule has 4 fully saturated rings. The van der Waals surface area contributed by atoms with Crippen LogP contribution in [0.2, 0.25) is 0 Å². The second-order valence-corrected chi connectivity index (χ2v) is 6.86. The summed E-state index contributed by atoms with van der Waals surface area (Å²) < 4.78 is 1.74. The molecule has 0 unspecified atom stereocenters. The van der Waals surface area contributed by atoms with E-state index in [2.05, 4.69) is 15.5 Å². The van der Waals surface area contributed by atoms with E-state index in [4.69, 9.17) is 5.11 Å². The lowest BCUT2D eigenvalue weighted by Gasteiger charge is -2.53. The molecule has 4 aliphatic carbocycles. The number of carbonyl (C=O) groups is 1. The van der Waals surface area contributed by atoms with E-state index in [1.165, 1.54) is 32.1 Å². The van der Waals surface area contributed by atoms with Gasteiger partial charge in [-0.1, -0.05) is 0 Å². The van der Waals surface area contributed by atoms with Crippen molar-refractivity contribution in [3.8, 4) is 0 Å². The molecule has 1 aromatic rings. The van der Waals surface area contributed by atoms with Crippen LogP contribution in [0.5, 0.6) is 0 Å². The number of hydrogen-bond acceptors (Lipinski definition) is 4. The minimum Gasteiger partial charge on any atom is -0.481 e. The smallest absolute Gasteiger partial charge is 0.305 e. The van der Waals surface area contributed by atoms with Crippen LogP contribution in [-0.2, 0) is 11.3 Å². The molecule has 6 heteroatoms. The summed E-state index contributed by atoms with van der Waals surface area (Å²) in [6.07, 6.45) is 6.81. The molecule has 108 valence electrons. The Hall–Kier alpha value is -1.46. The van der Waals surface area contributed by atoms with Crippen molar-refractivity contribution in [2.24, 2.45) is 23.7 Å². The molecule has 0 aliphatic heterocycles. The molecular formula is C14H20N4O2. The first-order valence-electron chi connectivity index (χ1n) is 7.68. The Morgan fingerprint density at radius 3 is 2.40 bits per heavy atom. The fraction of sp³-hybridized carbons (Fsp3) is 0.857. The van der Waals surface area contributed by atoms with Crippen molar-refractivity contribution in [1.82, 2.24) is 20.2 Å². The lowest BCUT2D eigenvalue weighted by Crippen LogP contribution is -2.44. The summed E-state index contributed by atoms with van der Waals surface area (Å²) in [5, 5.41) is 20.9. The largest absolute Gasteiger partial charge is 0.481 e. The van der Waals surface area contributed by atoms with E-state index >= 15 is 0 Å². The molecule has 1 N–H and O–H groups in total. The fourth-order valence-electron chi connectivity index (χ4n) is 5.16. The quantitative estimate of drug-likeness (QED) is 0.905. The van der Waals surface area contributed by atoms with Crippen molar-refractivity contribution in [2.45, 2.75) is 51.0 Å². The Morgan fingerprint density at radius 1 is 1.15 bits per heavy atom. The van der Waals surface area contributed by atoms with Gasteiger partial charge in [-0.05, 0) is 66.2 Å². The van der Waals surface area contributed by atoms with Crippen molar-refractivity contribution in [1.29, 1.82) is 0 Å². The van der Waals surface area contributed by atoms with Gasteiger partial charge in [0, 0.05) is 5.92 Å². The zero-order valence-electron chi connectivity index (χ0n) is 11.5. The van der Waals surface area contributed by atoms with Crippen LogP contribution in [0, 0.1) is 23.7 Å². The third-order valence-electron chi connectivity index (χ3n) is 5.62. The summed E-state index contributed by atoms with van der Waals surface area (Å²) in [6.45, 7) is 0.389. The molecule has 0 aromatic carbocycles. The molecule has 6 nitrogen and oxygen atoms in total. The first-order chi connectivity index (χ1) is 9.70. The highest BCUT2D eigenvalue weighted by Gasteiger charge is 2.50. The summed E-state index contributed by atoms with van der Waals surface area (Å²) in [6, 6.07) is 0. The van der Waals surface area contributed by atoms with Crippen LogP contribution in [0.15, 0.2) is 0 Å². The van der Waals surface area contributed by atoms with Gasteiger partial charge < -0.3 is 5.11 Å². The van der Waals surface area contributed by atoms with Crippen LogP contribution in [0.4, 0.5) is 0 Å². The predicted octanol–water partition coefficient (Wildman–Crippen LogP) is 1.69. The Bertz CT molecular complexity index is 499. The maximum atomic E-state index is 10.7. The number of carboxylic acids is 1. The van der Waals surface area contributed by atoms with E-state index in [9.17, 15) is 4.79 Å². The molecule has 0 saturated heterocycles. The maximum absolute atomic E-state index is 10.7. The Balaban J connectivity index is 1.58. The molecule has 0 atom stereocenters. The second-order valence-electron chi connectivity index (χ2n) is 6.86. The molecule has 0 amide bonds. The first kappa shape index (κ1) is 12.3. The van der Waals surface area contributed by atoms with Crippen LogP contribution in [0.3, 0.4) is 0 Å². The van der Waals surface area contributed by atoms with Crippen molar-refractivity contribution < 1.29 is 9.90 Å². The summed E-state index contributed by atoms with van der Waals surface area (Å²) in [5.74, 6) is 3.92. The van der Waals surface area contributed by atoms with Gasteiger partial charge in [0.25, 0.3) is 0 Å². The molecular weight excluding hydrogens is 256 g/mol. The van der Waals surface area contributed by atoms with Crippen LogP contribution in [0.1, 0.15) is 50.3 Å². The molecule has 4 bridgehead atoms. The van der Waals surface area contributed by atoms with Gasteiger partial charge in [0.2, 0.25) is 0 Å². The Morgan fingerprint density at radius 2 is 1.80 bits per heavy atom. The molecule has 4 aliphatic rings. The first-order valence-corrected chi connectivity index (χ1v) is 7.68. The summed E-state index contributed by atoms with van der Waals surface area (Å²) in [4.78, 5) is 10.7. The molecule has 5 rings (SSSR count). The maximum Gasteiger partial charge on any atom is 0.305 e. The van der Waals surface area contributed by atoms with Crippen molar-refractivity contribution >= 4 is 5.97 Å². The zero-order chi connectivity index (χ0) is 13.7. The molecule has 1 aromatic heterocycles. The standard InChI is InChI=1S/C14H20N4O2/c19-12(20)1-2-18-14(15-16-17-18)13-10-4-8-3-9(6-10)7-11(13)5-8/h8-11,13H,1-7H2,(H,19,20). The van der Waals surface area contributed by atoms with Gasteiger partial charge in [-0.15, -0.1) is 5.10 Å². The number of carboxylic acid groups (broad SMARTS) is 1. The van der Waals surface area contributed by atoms with E-state index in [1.807, 2.05) is 0 Å². The lowest BCUT2D eigenvalue weighted by atomic mass is 9.51. The minimum atomic E-state index is -0.795. The normalized spacial score (nSPS) is 38.3. The average molecular weight is 276 g/mol. The van der Waals surface area contributed by atoms with Crippen molar-refractivity contribution in [2.75, 3.05) is 0 Å². The number of aliphatic carboxylic acids is 1. The van der Waals surface area contributed by atoms with Gasteiger partial charge >= 0.3 is 5.97 Å². The lowest BCUT2D eigenvalue weighted by molar-refractivity contribution is -0.137. The summed E-state index contributed by atoms with van der Waals surface area (Å²) in [7, 11) is 0. The molecule has 20 heavy (non-hydrogen) atoms. The van der Waals surface area contributed by atoms with Crippen LogP contribution in [-0.4, -0.2) is 31.3 Å². The summed E-state index contributed by atoms with van der Waals surface area (Å²) >= 11 is 0. The van der Waals surface area contributed by atoms with E-state index in [0.29, 0.717) is 12.5 Å². The summed E-state index contributed by atoms with van der Waals surface area (Å²) in [5.41, 5.74) is 0. The SMILES string of the molecule is O=C(O)CCn1nnnc1C1C2CC3CC(C2)CC1C3. The second kappa shape index (κ2) is 4.53. The van der Waals surface area contributed by atoms with E-state index in [1.54, 1.807) is 4.68 Å². The minimum absolute atomic E-state index is 0.0886. The van der Waals surface area contributed by atoms with E-state index in [-0.39, 0.29) is 6.42 Å².